The second kappa shape index (κ2) is 18.2. The molecule has 0 spiro atoms. The second-order valence-electron chi connectivity index (χ2n) is 6.66. The molecule has 192 valence electrons. The van der Waals surface area contributed by atoms with Crippen LogP contribution in [0.1, 0.15) is 55.4 Å². The smallest absolute Gasteiger partial charge is 0.179 e. The molecule has 0 saturated carbocycles. The number of thiocarbonyl (C=S) groups is 4. The topological polar surface area (TPSA) is 13.0 Å². The van der Waals surface area contributed by atoms with Crippen LogP contribution in [0.25, 0.3) is 0 Å². The van der Waals surface area contributed by atoms with E-state index in [1.165, 1.54) is 0 Å². The summed E-state index contributed by atoms with van der Waals surface area (Å²) in [6, 6.07) is 0. The minimum Gasteiger partial charge on any atom is -0.358 e. The van der Waals surface area contributed by atoms with Crippen molar-refractivity contribution in [2.24, 2.45) is 0 Å². The number of hydrogen-bond acceptors (Lipinski definition) is 8. The van der Waals surface area contributed by atoms with E-state index < -0.39 is 2.74 Å². The van der Waals surface area contributed by atoms with Crippen molar-refractivity contribution < 1.29 is 0 Å². The van der Waals surface area contributed by atoms with E-state index >= 15 is 0 Å². The molecule has 0 aliphatic carbocycles. The molecule has 0 aromatic rings. The lowest BCUT2D eigenvalue weighted by Gasteiger charge is -2.38. The van der Waals surface area contributed by atoms with Crippen LogP contribution in [0.2, 0.25) is 0 Å². The Morgan fingerprint density at radius 3 is 0.697 bits per heavy atom. The van der Waals surface area contributed by atoms with Crippen molar-refractivity contribution in [2.45, 2.75) is 58.1 Å². The molecule has 0 heterocycles. The third-order valence-electron chi connectivity index (χ3n) is 4.94. The first-order valence-corrected chi connectivity index (χ1v) is 16.4. The summed E-state index contributed by atoms with van der Waals surface area (Å²) in [7, 11) is 0. The molecule has 12 heteroatoms. The van der Waals surface area contributed by atoms with Crippen LogP contribution >= 0.6 is 95.9 Å². The maximum Gasteiger partial charge on any atom is 0.179 e. The number of rotatable bonds is 12. The SMILES string of the molecule is CCN(CC)C(=S)SC(SC(=S)N(CC)CC)(SC(=S)N(CC)CC)SC(=S)N(CC)CC. The second-order valence-corrected chi connectivity index (χ2v) is 15.6. The Bertz CT molecular complexity index is 520. The van der Waals surface area contributed by atoms with Gasteiger partial charge in [0.2, 0.25) is 0 Å². The van der Waals surface area contributed by atoms with Crippen LogP contribution in [0, 0.1) is 0 Å². The summed E-state index contributed by atoms with van der Waals surface area (Å²) in [6.07, 6.45) is 0. The molecule has 0 amide bonds. The molecule has 0 unspecified atom stereocenters. The average Bonchev–Trinajstić information content (AvgIpc) is 2.76. The van der Waals surface area contributed by atoms with E-state index in [-0.39, 0.29) is 0 Å². The van der Waals surface area contributed by atoms with E-state index in [4.69, 9.17) is 48.9 Å². The zero-order chi connectivity index (χ0) is 25.6. The van der Waals surface area contributed by atoms with Gasteiger partial charge in [0.25, 0.3) is 0 Å². The van der Waals surface area contributed by atoms with Crippen LogP contribution in [0.4, 0.5) is 0 Å². The maximum atomic E-state index is 5.93. The lowest BCUT2D eigenvalue weighted by molar-refractivity contribution is 0.481. The fourth-order valence-corrected chi connectivity index (χ4v) is 13.4. The van der Waals surface area contributed by atoms with E-state index in [9.17, 15) is 0 Å². The van der Waals surface area contributed by atoms with Gasteiger partial charge in [0.05, 0.1) is 0 Å². The van der Waals surface area contributed by atoms with Crippen molar-refractivity contribution in [3.05, 3.63) is 0 Å². The molecular formula is C21H40N4S8. The Kier molecular flexibility index (Phi) is 18.8. The largest absolute Gasteiger partial charge is 0.358 e. The molecule has 0 aromatic heterocycles. The Hall–Kier alpha value is 0.960. The van der Waals surface area contributed by atoms with Crippen molar-refractivity contribution in [1.82, 2.24) is 19.6 Å². The highest BCUT2D eigenvalue weighted by molar-refractivity contribution is 8.62. The van der Waals surface area contributed by atoms with Gasteiger partial charge < -0.3 is 19.6 Å². The van der Waals surface area contributed by atoms with E-state index in [0.29, 0.717) is 0 Å². The van der Waals surface area contributed by atoms with Gasteiger partial charge in [-0.2, -0.15) is 0 Å². The van der Waals surface area contributed by atoms with Gasteiger partial charge in [-0.25, -0.2) is 0 Å². The Morgan fingerprint density at radius 2 is 0.576 bits per heavy atom. The summed E-state index contributed by atoms with van der Waals surface area (Å²) >= 11 is 30.3. The van der Waals surface area contributed by atoms with Crippen molar-refractivity contribution in [3.63, 3.8) is 0 Å². The van der Waals surface area contributed by atoms with Gasteiger partial charge in [0.15, 0.2) is 2.74 Å². The fraction of sp³-hybridized carbons (Fsp3) is 0.810. The standard InChI is InChI=1S/C21H40N4S8/c1-9-22(10-2)17(26)30-21(31-18(27)23(11-3)12-4,32-19(28)24(13-5)14-6)33-20(29)25(15-7)16-8/h9-16H2,1-8H3. The first-order chi connectivity index (χ1) is 15.6. The lowest BCUT2D eigenvalue weighted by atomic mass is 10.6. The van der Waals surface area contributed by atoms with Gasteiger partial charge in [-0.05, 0) is 55.4 Å². The van der Waals surface area contributed by atoms with Crippen LogP contribution < -0.4 is 0 Å². The Labute approximate surface area is 241 Å². The highest BCUT2D eigenvalue weighted by atomic mass is 32.3. The lowest BCUT2D eigenvalue weighted by Crippen LogP contribution is -2.37. The van der Waals surface area contributed by atoms with E-state index in [1.54, 1.807) is 47.0 Å². The third kappa shape index (κ3) is 11.3. The first kappa shape index (κ1) is 34.0. The van der Waals surface area contributed by atoms with Crippen LogP contribution in [-0.2, 0) is 0 Å². The zero-order valence-corrected chi connectivity index (χ0v) is 27.7. The minimum atomic E-state index is -0.557. The zero-order valence-electron chi connectivity index (χ0n) is 21.2. The van der Waals surface area contributed by atoms with Crippen LogP contribution in [0.15, 0.2) is 0 Å². The summed E-state index contributed by atoms with van der Waals surface area (Å²) in [5.41, 5.74) is 0. The minimum absolute atomic E-state index is 0.557. The molecule has 4 nitrogen and oxygen atoms in total. The Balaban J connectivity index is 6.44. The van der Waals surface area contributed by atoms with Crippen molar-refractivity contribution in [3.8, 4) is 0 Å². The predicted octanol–water partition coefficient (Wildman–Crippen LogP) is 7.04. The monoisotopic (exact) mass is 604 g/mol. The molecule has 0 aromatic carbocycles. The summed E-state index contributed by atoms with van der Waals surface area (Å²) in [6.45, 7) is 23.9. The highest BCUT2D eigenvalue weighted by Crippen LogP contribution is 2.58. The third-order valence-corrected chi connectivity index (χ3v) is 12.7. The average molecular weight is 605 g/mol. The molecule has 0 bridgehead atoms. The normalized spacial score (nSPS) is 11.2. The molecule has 0 saturated heterocycles. The van der Waals surface area contributed by atoms with Crippen LogP contribution in [0.3, 0.4) is 0 Å². The molecule has 0 rings (SSSR count). The van der Waals surface area contributed by atoms with E-state index in [1.807, 2.05) is 0 Å². The number of hydrogen-bond donors (Lipinski definition) is 0. The van der Waals surface area contributed by atoms with Crippen molar-refractivity contribution in [2.75, 3.05) is 52.4 Å². The van der Waals surface area contributed by atoms with Gasteiger partial charge in [-0.3, -0.25) is 0 Å². The maximum absolute atomic E-state index is 5.93. The predicted molar refractivity (Wildman–Crippen MR) is 175 cm³/mol. The van der Waals surface area contributed by atoms with Gasteiger partial charge in [-0.15, -0.1) is 0 Å². The van der Waals surface area contributed by atoms with Crippen molar-refractivity contribution >= 4 is 113 Å². The van der Waals surface area contributed by atoms with Gasteiger partial charge >= 0.3 is 0 Å². The van der Waals surface area contributed by atoms with Crippen LogP contribution in [0.5, 0.6) is 0 Å². The quantitative estimate of drug-likeness (QED) is 0.168. The van der Waals surface area contributed by atoms with Crippen LogP contribution in [-0.4, -0.2) is 92.0 Å². The van der Waals surface area contributed by atoms with Gasteiger partial charge in [-0.1, -0.05) is 95.9 Å². The summed E-state index contributed by atoms with van der Waals surface area (Å²) in [4.78, 5) is 8.82. The highest BCUT2D eigenvalue weighted by Gasteiger charge is 2.42. The molecule has 33 heavy (non-hydrogen) atoms. The molecule has 0 aliphatic rings. The summed E-state index contributed by atoms with van der Waals surface area (Å²) < 4.78 is 2.83. The first-order valence-electron chi connectivity index (χ1n) is 11.5. The molecule has 0 N–H and O–H groups in total. The molecule has 0 fully saturated rings. The number of thioether (sulfide) groups is 4. The molecular weight excluding hydrogens is 565 g/mol. The fourth-order valence-electron chi connectivity index (χ4n) is 2.74. The summed E-state index contributed by atoms with van der Waals surface area (Å²) in [5, 5.41) is 0. The van der Waals surface area contributed by atoms with E-state index in [0.717, 1.165) is 69.6 Å². The number of nitrogens with zero attached hydrogens (tertiary/aromatic N) is 4. The molecule has 0 aliphatic heterocycles. The van der Waals surface area contributed by atoms with Gasteiger partial charge in [0, 0.05) is 52.4 Å². The van der Waals surface area contributed by atoms with E-state index in [2.05, 4.69) is 75.0 Å². The molecule has 0 radical (unpaired) electrons. The summed E-state index contributed by atoms with van der Waals surface area (Å²) in [5.74, 6) is 0. The Morgan fingerprint density at radius 1 is 0.424 bits per heavy atom. The van der Waals surface area contributed by atoms with Gasteiger partial charge in [0.1, 0.15) is 17.3 Å². The molecule has 0 atom stereocenters. The van der Waals surface area contributed by atoms with Crippen molar-refractivity contribution in [1.29, 1.82) is 0 Å².